The Bertz CT molecular complexity index is 593. The summed E-state index contributed by atoms with van der Waals surface area (Å²) < 4.78 is 0. The van der Waals surface area contributed by atoms with Gasteiger partial charge in [-0.2, -0.15) is 0 Å². The maximum absolute atomic E-state index is 11.8. The van der Waals surface area contributed by atoms with E-state index in [1.54, 1.807) is 12.1 Å². The Labute approximate surface area is 114 Å². The number of H-pyrrole nitrogens is 1. The lowest BCUT2D eigenvalue weighted by Gasteiger charge is -2.14. The summed E-state index contributed by atoms with van der Waals surface area (Å²) in [5.74, 6) is -1.57. The average Bonchev–Trinajstić information content (AvgIpc) is 2.94. The van der Waals surface area contributed by atoms with Crippen LogP contribution in [-0.4, -0.2) is 38.1 Å². The summed E-state index contributed by atoms with van der Waals surface area (Å²) in [6, 6.07) is 5.08. The van der Waals surface area contributed by atoms with E-state index in [0.717, 1.165) is 0 Å². The second kappa shape index (κ2) is 5.87. The highest BCUT2D eigenvalue weighted by molar-refractivity contribution is 5.94. The molecule has 1 heterocycles. The topological polar surface area (TPSA) is 115 Å². The largest absolute Gasteiger partial charge is 0.508 e. The van der Waals surface area contributed by atoms with Crippen LogP contribution in [0.1, 0.15) is 16.1 Å². The van der Waals surface area contributed by atoms with Crippen LogP contribution in [-0.2, 0) is 11.2 Å². The molecule has 0 aliphatic carbocycles. The first-order chi connectivity index (χ1) is 9.56. The fraction of sp³-hybridized carbons (Fsp3) is 0.154. The fourth-order valence-corrected chi connectivity index (χ4v) is 1.68. The lowest BCUT2D eigenvalue weighted by atomic mass is 10.1. The number of amides is 1. The third-order valence-corrected chi connectivity index (χ3v) is 2.72. The van der Waals surface area contributed by atoms with Gasteiger partial charge in [-0.25, -0.2) is 9.78 Å². The fourth-order valence-electron chi connectivity index (χ4n) is 1.68. The van der Waals surface area contributed by atoms with Gasteiger partial charge < -0.3 is 20.5 Å². The molecule has 1 aromatic carbocycles. The van der Waals surface area contributed by atoms with Gasteiger partial charge in [0.2, 0.25) is 0 Å². The van der Waals surface area contributed by atoms with Gasteiger partial charge in [-0.05, 0) is 17.7 Å². The van der Waals surface area contributed by atoms with Crippen molar-refractivity contribution >= 4 is 11.9 Å². The number of aliphatic carboxylic acids is 1. The second-order valence-electron chi connectivity index (χ2n) is 4.20. The van der Waals surface area contributed by atoms with Crippen molar-refractivity contribution in [1.29, 1.82) is 0 Å². The zero-order valence-corrected chi connectivity index (χ0v) is 10.4. The number of nitrogens with zero attached hydrogens (tertiary/aromatic N) is 1. The van der Waals surface area contributed by atoms with Gasteiger partial charge in [0.25, 0.3) is 5.91 Å². The molecule has 0 saturated heterocycles. The van der Waals surface area contributed by atoms with E-state index in [2.05, 4.69) is 15.3 Å². The number of aromatic hydroxyl groups is 1. The SMILES string of the molecule is O=C(NC(Cc1ccc(O)cc1)C(=O)O)c1cnc[nH]1. The average molecular weight is 275 g/mol. The summed E-state index contributed by atoms with van der Waals surface area (Å²) in [6.45, 7) is 0. The van der Waals surface area contributed by atoms with E-state index >= 15 is 0 Å². The Morgan fingerprint density at radius 2 is 2.00 bits per heavy atom. The minimum Gasteiger partial charge on any atom is -0.508 e. The molecule has 1 amide bonds. The van der Waals surface area contributed by atoms with Crippen molar-refractivity contribution in [2.45, 2.75) is 12.5 Å². The molecule has 1 aromatic heterocycles. The number of phenols is 1. The number of phenolic OH excluding ortho intramolecular Hbond substituents is 1. The number of nitrogens with one attached hydrogen (secondary N) is 2. The maximum atomic E-state index is 11.8. The van der Waals surface area contributed by atoms with Crippen molar-refractivity contribution in [3.8, 4) is 5.75 Å². The van der Waals surface area contributed by atoms with E-state index in [-0.39, 0.29) is 17.9 Å². The number of carbonyl (C=O) groups is 2. The summed E-state index contributed by atoms with van der Waals surface area (Å²) >= 11 is 0. The summed E-state index contributed by atoms with van der Waals surface area (Å²) in [5, 5.41) is 20.7. The highest BCUT2D eigenvalue weighted by Gasteiger charge is 2.21. The molecule has 2 aromatic rings. The van der Waals surface area contributed by atoms with Gasteiger partial charge in [-0.1, -0.05) is 12.1 Å². The van der Waals surface area contributed by atoms with Gasteiger partial charge >= 0.3 is 5.97 Å². The van der Waals surface area contributed by atoms with E-state index in [0.29, 0.717) is 5.56 Å². The van der Waals surface area contributed by atoms with E-state index in [4.69, 9.17) is 5.11 Å². The van der Waals surface area contributed by atoms with Gasteiger partial charge in [-0.3, -0.25) is 4.79 Å². The van der Waals surface area contributed by atoms with E-state index in [1.807, 2.05) is 0 Å². The minimum atomic E-state index is -1.13. The van der Waals surface area contributed by atoms with Crippen LogP contribution < -0.4 is 5.32 Å². The van der Waals surface area contributed by atoms with Crippen LogP contribution in [0.2, 0.25) is 0 Å². The molecule has 0 radical (unpaired) electrons. The molecule has 104 valence electrons. The predicted octanol–water partition coefficient (Wildman–Crippen LogP) is 0.541. The number of carboxylic acid groups (broad SMARTS) is 1. The number of carboxylic acids is 1. The van der Waals surface area contributed by atoms with Crippen LogP contribution in [0.5, 0.6) is 5.75 Å². The first-order valence-electron chi connectivity index (χ1n) is 5.86. The molecule has 20 heavy (non-hydrogen) atoms. The van der Waals surface area contributed by atoms with Gasteiger partial charge in [0, 0.05) is 6.42 Å². The highest BCUT2D eigenvalue weighted by atomic mass is 16.4. The molecule has 1 unspecified atom stereocenters. The number of rotatable bonds is 5. The first kappa shape index (κ1) is 13.6. The molecule has 0 fully saturated rings. The number of imidazole rings is 1. The van der Waals surface area contributed by atoms with Crippen molar-refractivity contribution in [1.82, 2.24) is 15.3 Å². The normalized spacial score (nSPS) is 11.8. The van der Waals surface area contributed by atoms with Crippen LogP contribution in [0, 0.1) is 0 Å². The Morgan fingerprint density at radius 3 is 2.55 bits per heavy atom. The molecule has 2 rings (SSSR count). The quantitative estimate of drug-likeness (QED) is 0.635. The Kier molecular flexibility index (Phi) is 3.99. The third kappa shape index (κ3) is 3.35. The summed E-state index contributed by atoms with van der Waals surface area (Å²) in [6.07, 6.45) is 2.77. The number of hydrogen-bond donors (Lipinski definition) is 4. The first-order valence-corrected chi connectivity index (χ1v) is 5.86. The van der Waals surface area contributed by atoms with Gasteiger partial charge in [-0.15, -0.1) is 0 Å². The summed E-state index contributed by atoms with van der Waals surface area (Å²) in [7, 11) is 0. The molecule has 0 saturated carbocycles. The third-order valence-electron chi connectivity index (χ3n) is 2.72. The molecule has 1 atom stereocenters. The molecular weight excluding hydrogens is 262 g/mol. The Hall–Kier alpha value is -2.83. The molecule has 7 nitrogen and oxygen atoms in total. The van der Waals surface area contributed by atoms with Crippen molar-refractivity contribution in [3.63, 3.8) is 0 Å². The second-order valence-corrected chi connectivity index (χ2v) is 4.20. The summed E-state index contributed by atoms with van der Waals surface area (Å²) in [5.41, 5.74) is 0.891. The summed E-state index contributed by atoms with van der Waals surface area (Å²) in [4.78, 5) is 29.3. The number of benzene rings is 1. The number of aromatic amines is 1. The standard InChI is InChI=1S/C13H13N3O4/c17-9-3-1-8(2-4-9)5-10(13(19)20)16-12(18)11-6-14-7-15-11/h1-4,6-7,10,17H,5H2,(H,14,15)(H,16,18)(H,19,20). The van der Waals surface area contributed by atoms with E-state index in [9.17, 15) is 14.7 Å². The van der Waals surface area contributed by atoms with Crippen LogP contribution in [0.15, 0.2) is 36.8 Å². The zero-order valence-electron chi connectivity index (χ0n) is 10.4. The number of hydrogen-bond acceptors (Lipinski definition) is 4. The molecule has 0 bridgehead atoms. The Morgan fingerprint density at radius 1 is 1.30 bits per heavy atom. The smallest absolute Gasteiger partial charge is 0.326 e. The molecule has 7 heteroatoms. The molecular formula is C13H13N3O4. The van der Waals surface area contributed by atoms with Gasteiger partial charge in [0.1, 0.15) is 17.5 Å². The van der Waals surface area contributed by atoms with Crippen LogP contribution in [0.4, 0.5) is 0 Å². The maximum Gasteiger partial charge on any atom is 0.326 e. The van der Waals surface area contributed by atoms with E-state index in [1.165, 1.54) is 24.7 Å². The lowest BCUT2D eigenvalue weighted by Crippen LogP contribution is -2.42. The zero-order chi connectivity index (χ0) is 14.5. The van der Waals surface area contributed by atoms with Crippen molar-refractivity contribution in [2.75, 3.05) is 0 Å². The van der Waals surface area contributed by atoms with Gasteiger partial charge in [0.15, 0.2) is 0 Å². The van der Waals surface area contributed by atoms with Crippen LogP contribution in [0.25, 0.3) is 0 Å². The molecule has 0 aliphatic heterocycles. The molecule has 0 spiro atoms. The molecule has 0 aliphatic rings. The monoisotopic (exact) mass is 275 g/mol. The number of aromatic nitrogens is 2. The highest BCUT2D eigenvalue weighted by Crippen LogP contribution is 2.11. The van der Waals surface area contributed by atoms with Crippen LogP contribution >= 0.6 is 0 Å². The minimum absolute atomic E-state index is 0.0992. The van der Waals surface area contributed by atoms with Crippen LogP contribution in [0.3, 0.4) is 0 Å². The van der Waals surface area contributed by atoms with Crippen molar-refractivity contribution in [2.24, 2.45) is 0 Å². The van der Waals surface area contributed by atoms with Crippen molar-refractivity contribution < 1.29 is 19.8 Å². The molecule has 4 N–H and O–H groups in total. The van der Waals surface area contributed by atoms with Gasteiger partial charge in [0.05, 0.1) is 12.5 Å². The lowest BCUT2D eigenvalue weighted by molar-refractivity contribution is -0.139. The van der Waals surface area contributed by atoms with E-state index < -0.39 is 17.9 Å². The predicted molar refractivity (Wildman–Crippen MR) is 69.3 cm³/mol. The Balaban J connectivity index is 2.06. The number of carbonyl (C=O) groups excluding carboxylic acids is 1. The van der Waals surface area contributed by atoms with Crippen molar-refractivity contribution in [3.05, 3.63) is 48.0 Å².